The van der Waals surface area contributed by atoms with Crippen molar-refractivity contribution in [1.82, 2.24) is 10.4 Å². The maximum absolute atomic E-state index is 11.7. The van der Waals surface area contributed by atoms with E-state index >= 15 is 0 Å². The van der Waals surface area contributed by atoms with Crippen LogP contribution in [-0.2, 0) is 15.1 Å². The maximum Gasteiger partial charge on any atom is 0.337 e. The molecule has 6 nitrogen and oxygen atoms in total. The molecule has 0 aromatic heterocycles. The van der Waals surface area contributed by atoms with Crippen LogP contribution >= 0.6 is 0 Å². The molecule has 0 bridgehead atoms. The van der Waals surface area contributed by atoms with E-state index in [1.54, 1.807) is 18.4 Å². The van der Waals surface area contributed by atoms with Crippen molar-refractivity contribution < 1.29 is 19.1 Å². The van der Waals surface area contributed by atoms with Crippen LogP contribution in [-0.4, -0.2) is 44.4 Å². The van der Waals surface area contributed by atoms with Gasteiger partial charge in [0.25, 0.3) is 0 Å². The van der Waals surface area contributed by atoms with E-state index in [0.29, 0.717) is 24.5 Å². The third kappa shape index (κ3) is 2.61. The lowest BCUT2D eigenvalue weighted by Crippen LogP contribution is -2.57. The molecule has 0 amide bonds. The number of benzene rings is 1. The Labute approximate surface area is 129 Å². The largest absolute Gasteiger partial charge is 0.465 e. The second-order valence-corrected chi connectivity index (χ2v) is 5.30. The fourth-order valence-electron chi connectivity index (χ4n) is 2.95. The first-order valence-corrected chi connectivity index (χ1v) is 7.38. The SMILES string of the molecule is CCON1CCN[C@]2(C=COc3cc(C(=O)OC)ccc32)C1. The zero-order valence-electron chi connectivity index (χ0n) is 12.8. The lowest BCUT2D eigenvalue weighted by molar-refractivity contribution is -0.175. The number of rotatable bonds is 3. The fraction of sp³-hybridized carbons (Fsp3) is 0.438. The van der Waals surface area contributed by atoms with E-state index in [1.807, 2.05) is 24.1 Å². The average Bonchev–Trinajstić information content (AvgIpc) is 2.54. The van der Waals surface area contributed by atoms with Gasteiger partial charge in [0.2, 0.25) is 0 Å². The summed E-state index contributed by atoms with van der Waals surface area (Å²) in [7, 11) is 1.37. The molecular weight excluding hydrogens is 284 g/mol. The van der Waals surface area contributed by atoms with Crippen molar-refractivity contribution in [3.05, 3.63) is 41.7 Å². The number of carbonyl (C=O) groups is 1. The van der Waals surface area contributed by atoms with Gasteiger partial charge < -0.3 is 14.8 Å². The average molecular weight is 304 g/mol. The van der Waals surface area contributed by atoms with Gasteiger partial charge in [-0.3, -0.25) is 4.84 Å². The predicted octanol–water partition coefficient (Wildman–Crippen LogP) is 1.43. The summed E-state index contributed by atoms with van der Waals surface area (Å²) in [5, 5.41) is 5.50. The molecule has 2 heterocycles. The van der Waals surface area contributed by atoms with Crippen LogP contribution in [0.1, 0.15) is 22.8 Å². The minimum atomic E-state index is -0.373. The van der Waals surface area contributed by atoms with Crippen LogP contribution in [0.4, 0.5) is 0 Å². The summed E-state index contributed by atoms with van der Waals surface area (Å²) in [4.78, 5) is 17.3. The lowest BCUT2D eigenvalue weighted by Gasteiger charge is -2.43. The molecule has 1 fully saturated rings. The number of carbonyl (C=O) groups excluding carboxylic acids is 1. The van der Waals surface area contributed by atoms with E-state index in [-0.39, 0.29) is 11.5 Å². The molecule has 0 aliphatic carbocycles. The van der Waals surface area contributed by atoms with Gasteiger partial charge >= 0.3 is 5.97 Å². The maximum atomic E-state index is 11.7. The van der Waals surface area contributed by atoms with Crippen LogP contribution in [0.5, 0.6) is 5.75 Å². The smallest absolute Gasteiger partial charge is 0.337 e. The quantitative estimate of drug-likeness (QED) is 0.853. The first-order chi connectivity index (χ1) is 10.7. The molecule has 1 saturated heterocycles. The van der Waals surface area contributed by atoms with Gasteiger partial charge in [-0.25, -0.2) is 4.79 Å². The van der Waals surface area contributed by atoms with Crippen molar-refractivity contribution in [2.75, 3.05) is 33.4 Å². The topological polar surface area (TPSA) is 60.0 Å². The van der Waals surface area contributed by atoms with Crippen LogP contribution in [0.3, 0.4) is 0 Å². The number of methoxy groups -OCH3 is 1. The Balaban J connectivity index is 1.94. The molecule has 1 spiro atoms. The van der Waals surface area contributed by atoms with E-state index < -0.39 is 0 Å². The normalized spacial score (nSPS) is 23.9. The number of ether oxygens (including phenoxy) is 2. The van der Waals surface area contributed by atoms with Gasteiger partial charge in [0.15, 0.2) is 0 Å². The molecule has 0 radical (unpaired) electrons. The van der Waals surface area contributed by atoms with Gasteiger partial charge in [0.1, 0.15) is 5.75 Å². The van der Waals surface area contributed by atoms with Crippen molar-refractivity contribution in [2.24, 2.45) is 0 Å². The molecular formula is C16H20N2O4. The Bertz CT molecular complexity index is 600. The van der Waals surface area contributed by atoms with E-state index in [9.17, 15) is 4.79 Å². The number of hydroxylamine groups is 2. The molecule has 1 atom stereocenters. The van der Waals surface area contributed by atoms with Crippen molar-refractivity contribution in [3.63, 3.8) is 0 Å². The summed E-state index contributed by atoms with van der Waals surface area (Å²) >= 11 is 0. The number of esters is 1. The predicted molar refractivity (Wildman–Crippen MR) is 80.4 cm³/mol. The molecule has 118 valence electrons. The molecule has 1 aromatic rings. The second kappa shape index (κ2) is 6.08. The standard InChI is InChI=1S/C16H20N2O4/c1-3-22-18-8-7-17-16(11-18)6-9-21-14-10-12(15(19)20-2)4-5-13(14)16/h4-6,9-10,17H,3,7-8,11H2,1-2H3/t16-/m1/s1. The number of hydrogen-bond donors (Lipinski definition) is 1. The first-order valence-electron chi connectivity index (χ1n) is 7.38. The Morgan fingerprint density at radius 2 is 2.36 bits per heavy atom. The monoisotopic (exact) mass is 304 g/mol. The summed E-state index contributed by atoms with van der Waals surface area (Å²) in [6, 6.07) is 5.39. The van der Waals surface area contributed by atoms with E-state index in [1.165, 1.54) is 7.11 Å². The number of piperazine rings is 1. The Kier molecular flexibility index (Phi) is 4.15. The van der Waals surface area contributed by atoms with Gasteiger partial charge in [0, 0.05) is 18.7 Å². The first kappa shape index (κ1) is 15.0. The van der Waals surface area contributed by atoms with Crippen molar-refractivity contribution >= 4 is 5.97 Å². The zero-order chi connectivity index (χ0) is 15.6. The highest BCUT2D eigenvalue weighted by Gasteiger charge is 2.39. The zero-order valence-corrected chi connectivity index (χ0v) is 12.8. The second-order valence-electron chi connectivity index (χ2n) is 5.30. The van der Waals surface area contributed by atoms with Gasteiger partial charge in [-0.1, -0.05) is 6.07 Å². The molecule has 2 aliphatic rings. The van der Waals surface area contributed by atoms with Crippen LogP contribution in [0.25, 0.3) is 0 Å². The summed E-state index contributed by atoms with van der Waals surface area (Å²) in [5.74, 6) is 0.291. The van der Waals surface area contributed by atoms with Gasteiger partial charge in [-0.2, -0.15) is 5.06 Å². The highest BCUT2D eigenvalue weighted by Crippen LogP contribution is 2.37. The summed E-state index contributed by atoms with van der Waals surface area (Å²) in [6.45, 7) is 4.95. The molecule has 1 N–H and O–H groups in total. The summed E-state index contributed by atoms with van der Waals surface area (Å²) < 4.78 is 10.4. The van der Waals surface area contributed by atoms with Crippen LogP contribution in [0, 0.1) is 0 Å². The molecule has 22 heavy (non-hydrogen) atoms. The Hall–Kier alpha value is -1.89. The van der Waals surface area contributed by atoms with Gasteiger partial charge in [-0.05, 0) is 25.1 Å². The fourth-order valence-corrected chi connectivity index (χ4v) is 2.95. The third-order valence-electron chi connectivity index (χ3n) is 3.97. The molecule has 0 unspecified atom stereocenters. The number of hydrogen-bond acceptors (Lipinski definition) is 6. The lowest BCUT2D eigenvalue weighted by atomic mass is 9.85. The van der Waals surface area contributed by atoms with Crippen LogP contribution in [0.15, 0.2) is 30.5 Å². The van der Waals surface area contributed by atoms with E-state index in [2.05, 4.69) is 5.32 Å². The molecule has 3 rings (SSSR count). The number of nitrogens with zero attached hydrogens (tertiary/aromatic N) is 1. The minimum Gasteiger partial charge on any atom is -0.465 e. The number of nitrogens with one attached hydrogen (secondary N) is 1. The highest BCUT2D eigenvalue weighted by atomic mass is 16.7. The molecule has 0 saturated carbocycles. The summed E-state index contributed by atoms with van der Waals surface area (Å²) in [6.07, 6.45) is 3.66. The minimum absolute atomic E-state index is 0.365. The molecule has 1 aromatic carbocycles. The highest BCUT2D eigenvalue weighted by molar-refractivity contribution is 5.90. The van der Waals surface area contributed by atoms with Crippen molar-refractivity contribution in [2.45, 2.75) is 12.5 Å². The Morgan fingerprint density at radius 3 is 3.14 bits per heavy atom. The summed E-state index contributed by atoms with van der Waals surface area (Å²) in [5.41, 5.74) is 1.10. The van der Waals surface area contributed by atoms with E-state index in [0.717, 1.165) is 18.7 Å². The molecule has 6 heteroatoms. The van der Waals surface area contributed by atoms with Gasteiger partial charge in [-0.15, -0.1) is 0 Å². The Morgan fingerprint density at radius 1 is 1.50 bits per heavy atom. The molecule has 2 aliphatic heterocycles. The van der Waals surface area contributed by atoms with Crippen LogP contribution in [0.2, 0.25) is 0 Å². The third-order valence-corrected chi connectivity index (χ3v) is 3.97. The van der Waals surface area contributed by atoms with Gasteiger partial charge in [0.05, 0.1) is 37.6 Å². The number of fused-ring (bicyclic) bond motifs is 2. The van der Waals surface area contributed by atoms with Crippen molar-refractivity contribution in [3.8, 4) is 5.75 Å². The van der Waals surface area contributed by atoms with E-state index in [4.69, 9.17) is 14.3 Å². The van der Waals surface area contributed by atoms with Crippen LogP contribution < -0.4 is 10.1 Å². The van der Waals surface area contributed by atoms with Crippen molar-refractivity contribution in [1.29, 1.82) is 0 Å².